The number of benzene rings is 1. The Morgan fingerprint density at radius 1 is 1.11 bits per heavy atom. The van der Waals surface area contributed by atoms with Gasteiger partial charge in [-0.3, -0.25) is 0 Å². The molecular weight excluding hydrogens is 268 g/mol. The second kappa shape index (κ2) is 6.17. The molecule has 0 fully saturated rings. The number of nitrogens with zero attached hydrogens (tertiary/aromatic N) is 3. The van der Waals surface area contributed by atoms with Gasteiger partial charge in [0.05, 0.1) is 6.61 Å². The van der Waals surface area contributed by atoms with Crippen molar-refractivity contribution < 1.29 is 5.11 Å². The Bertz CT molecular complexity index is 547. The molecule has 0 unspecified atom stereocenters. The summed E-state index contributed by atoms with van der Waals surface area (Å²) in [5.41, 5.74) is 6.36. The van der Waals surface area contributed by atoms with Gasteiger partial charge in [-0.2, -0.15) is 15.0 Å². The second-order valence-corrected chi connectivity index (χ2v) is 4.06. The van der Waals surface area contributed by atoms with E-state index < -0.39 is 0 Å². The van der Waals surface area contributed by atoms with Crippen molar-refractivity contribution in [1.29, 1.82) is 0 Å². The first kappa shape index (κ1) is 13.3. The molecule has 1 aromatic carbocycles. The van der Waals surface area contributed by atoms with Crippen LogP contribution in [0.15, 0.2) is 24.3 Å². The van der Waals surface area contributed by atoms with Crippen LogP contribution in [0.3, 0.4) is 0 Å². The molecule has 100 valence electrons. The minimum Gasteiger partial charge on any atom is -0.395 e. The summed E-state index contributed by atoms with van der Waals surface area (Å²) in [4.78, 5) is 12.0. The van der Waals surface area contributed by atoms with Crippen molar-refractivity contribution in [3.63, 3.8) is 0 Å². The van der Waals surface area contributed by atoms with Crippen molar-refractivity contribution in [2.75, 3.05) is 29.5 Å². The van der Waals surface area contributed by atoms with Gasteiger partial charge in [0.15, 0.2) is 0 Å². The van der Waals surface area contributed by atoms with Gasteiger partial charge in [0.2, 0.25) is 17.8 Å². The zero-order chi connectivity index (χ0) is 13.7. The molecule has 0 aliphatic carbocycles. The van der Waals surface area contributed by atoms with Crippen molar-refractivity contribution >= 4 is 35.1 Å². The number of halogens is 1. The van der Waals surface area contributed by atoms with Crippen molar-refractivity contribution in [2.24, 2.45) is 0 Å². The van der Waals surface area contributed by atoms with Gasteiger partial charge in [0.25, 0.3) is 0 Å². The average molecular weight is 281 g/mol. The van der Waals surface area contributed by atoms with Crippen LogP contribution in [0.25, 0.3) is 0 Å². The van der Waals surface area contributed by atoms with Crippen LogP contribution in [0.2, 0.25) is 5.02 Å². The lowest BCUT2D eigenvalue weighted by Gasteiger charge is -2.08. The third-order valence-electron chi connectivity index (χ3n) is 2.15. The third-order valence-corrected chi connectivity index (χ3v) is 2.40. The zero-order valence-corrected chi connectivity index (χ0v) is 10.7. The molecule has 0 aliphatic rings. The number of aliphatic hydroxyl groups excluding tert-OH is 1. The van der Waals surface area contributed by atoms with E-state index in [-0.39, 0.29) is 12.6 Å². The maximum absolute atomic E-state index is 8.73. The summed E-state index contributed by atoms with van der Waals surface area (Å²) in [6, 6.07) is 7.09. The predicted octanol–water partition coefficient (Wildman–Crippen LogP) is 1.25. The first-order valence-corrected chi connectivity index (χ1v) is 5.94. The normalized spacial score (nSPS) is 10.2. The number of aromatic nitrogens is 3. The predicted molar refractivity (Wildman–Crippen MR) is 74.5 cm³/mol. The van der Waals surface area contributed by atoms with E-state index in [4.69, 9.17) is 22.4 Å². The van der Waals surface area contributed by atoms with Crippen molar-refractivity contribution in [2.45, 2.75) is 0 Å². The number of hydrogen-bond donors (Lipinski definition) is 4. The second-order valence-electron chi connectivity index (χ2n) is 3.62. The van der Waals surface area contributed by atoms with Gasteiger partial charge in [0.1, 0.15) is 0 Å². The van der Waals surface area contributed by atoms with E-state index in [1.807, 2.05) is 0 Å². The fraction of sp³-hybridized carbons (Fsp3) is 0.182. The summed E-state index contributed by atoms with van der Waals surface area (Å²) >= 11 is 5.80. The van der Waals surface area contributed by atoms with Crippen molar-refractivity contribution in [1.82, 2.24) is 15.0 Å². The topological polar surface area (TPSA) is 109 Å². The largest absolute Gasteiger partial charge is 0.395 e. The molecule has 19 heavy (non-hydrogen) atoms. The maximum Gasteiger partial charge on any atom is 0.233 e. The molecule has 0 atom stereocenters. The molecule has 8 heteroatoms. The number of anilines is 4. The van der Waals surface area contributed by atoms with Crippen molar-refractivity contribution in [3.05, 3.63) is 29.3 Å². The molecule has 0 radical (unpaired) electrons. The van der Waals surface area contributed by atoms with Gasteiger partial charge < -0.3 is 21.5 Å². The Morgan fingerprint density at radius 2 is 1.79 bits per heavy atom. The van der Waals surface area contributed by atoms with Gasteiger partial charge in [-0.05, 0) is 24.3 Å². The first-order chi connectivity index (χ1) is 9.17. The lowest BCUT2D eigenvalue weighted by atomic mass is 10.3. The third kappa shape index (κ3) is 3.94. The molecule has 2 rings (SSSR count). The summed E-state index contributed by atoms with van der Waals surface area (Å²) < 4.78 is 0. The molecule has 0 bridgehead atoms. The number of nitrogens with one attached hydrogen (secondary N) is 2. The van der Waals surface area contributed by atoms with E-state index in [0.29, 0.717) is 23.5 Å². The van der Waals surface area contributed by atoms with E-state index >= 15 is 0 Å². The van der Waals surface area contributed by atoms with Gasteiger partial charge in [0, 0.05) is 17.3 Å². The van der Waals surface area contributed by atoms with Gasteiger partial charge in [-0.25, -0.2) is 0 Å². The van der Waals surface area contributed by atoms with E-state index in [9.17, 15) is 0 Å². The molecule has 1 aromatic heterocycles. The number of aliphatic hydroxyl groups is 1. The smallest absolute Gasteiger partial charge is 0.233 e. The average Bonchev–Trinajstić information content (AvgIpc) is 2.38. The van der Waals surface area contributed by atoms with Gasteiger partial charge >= 0.3 is 0 Å². The Hall–Kier alpha value is -2.12. The first-order valence-electron chi connectivity index (χ1n) is 5.56. The Kier molecular flexibility index (Phi) is 4.32. The minimum atomic E-state index is -0.0223. The zero-order valence-electron chi connectivity index (χ0n) is 9.97. The molecule has 5 N–H and O–H groups in total. The van der Waals surface area contributed by atoms with Crippen LogP contribution < -0.4 is 16.4 Å². The fourth-order valence-electron chi connectivity index (χ4n) is 1.36. The van der Waals surface area contributed by atoms with Gasteiger partial charge in [-0.15, -0.1) is 0 Å². The van der Waals surface area contributed by atoms with Crippen LogP contribution in [0, 0.1) is 0 Å². The van der Waals surface area contributed by atoms with Crippen LogP contribution in [0.4, 0.5) is 23.5 Å². The standard InChI is InChI=1S/C11H13ClN6O/c12-7-1-3-8(4-2-7)15-11-17-9(13)16-10(18-11)14-5-6-19/h1-4,19H,5-6H2,(H4,13,14,15,16,17,18). The summed E-state index contributed by atoms with van der Waals surface area (Å²) in [5.74, 6) is 0.708. The SMILES string of the molecule is Nc1nc(NCCO)nc(Nc2ccc(Cl)cc2)n1. The maximum atomic E-state index is 8.73. The summed E-state index contributed by atoms with van der Waals surface area (Å²) in [6.07, 6.45) is 0. The molecule has 0 saturated carbocycles. The van der Waals surface area contributed by atoms with E-state index in [1.165, 1.54) is 0 Å². The molecule has 0 aliphatic heterocycles. The van der Waals surface area contributed by atoms with E-state index in [2.05, 4.69) is 25.6 Å². The highest BCUT2D eigenvalue weighted by atomic mass is 35.5. The van der Waals surface area contributed by atoms with Crippen LogP contribution >= 0.6 is 11.6 Å². The molecule has 0 saturated heterocycles. The number of hydrogen-bond acceptors (Lipinski definition) is 7. The van der Waals surface area contributed by atoms with E-state index in [1.54, 1.807) is 24.3 Å². The fourth-order valence-corrected chi connectivity index (χ4v) is 1.48. The summed E-state index contributed by atoms with van der Waals surface area (Å²) in [6.45, 7) is 0.315. The number of nitrogen functional groups attached to an aromatic ring is 1. The highest BCUT2D eigenvalue weighted by Crippen LogP contribution is 2.17. The monoisotopic (exact) mass is 280 g/mol. The molecule has 7 nitrogen and oxygen atoms in total. The highest BCUT2D eigenvalue weighted by molar-refractivity contribution is 6.30. The lowest BCUT2D eigenvalue weighted by Crippen LogP contribution is -2.12. The summed E-state index contributed by atoms with van der Waals surface area (Å²) in [5, 5.41) is 15.2. The van der Waals surface area contributed by atoms with Crippen LogP contribution in [-0.2, 0) is 0 Å². The van der Waals surface area contributed by atoms with Crippen LogP contribution in [-0.4, -0.2) is 33.2 Å². The van der Waals surface area contributed by atoms with Crippen LogP contribution in [0.5, 0.6) is 0 Å². The summed E-state index contributed by atoms with van der Waals surface area (Å²) in [7, 11) is 0. The lowest BCUT2D eigenvalue weighted by molar-refractivity contribution is 0.311. The molecule has 1 heterocycles. The number of nitrogens with two attached hydrogens (primary N) is 1. The Labute approximate surface area is 114 Å². The van der Waals surface area contributed by atoms with E-state index in [0.717, 1.165) is 5.69 Å². The molecular formula is C11H13ClN6O. The van der Waals surface area contributed by atoms with Crippen LogP contribution in [0.1, 0.15) is 0 Å². The van der Waals surface area contributed by atoms with Gasteiger partial charge in [-0.1, -0.05) is 11.6 Å². The minimum absolute atomic E-state index is 0.0223. The van der Waals surface area contributed by atoms with Crippen molar-refractivity contribution in [3.8, 4) is 0 Å². The highest BCUT2D eigenvalue weighted by Gasteiger charge is 2.04. The Morgan fingerprint density at radius 3 is 2.47 bits per heavy atom. The Balaban J connectivity index is 2.15. The molecule has 0 amide bonds. The quantitative estimate of drug-likeness (QED) is 0.653. The molecule has 2 aromatic rings. The molecule has 0 spiro atoms. The number of rotatable bonds is 5.